The topological polar surface area (TPSA) is 70.1 Å². The summed E-state index contributed by atoms with van der Waals surface area (Å²) in [5.41, 5.74) is 6.24. The van der Waals surface area contributed by atoms with E-state index in [0.717, 1.165) is 17.0 Å². The second-order valence-corrected chi connectivity index (χ2v) is 6.91. The van der Waals surface area contributed by atoms with Crippen molar-refractivity contribution in [1.29, 1.82) is 5.26 Å². The van der Waals surface area contributed by atoms with Crippen molar-refractivity contribution >= 4 is 11.5 Å². The molecule has 1 aliphatic carbocycles. The Balaban J connectivity index is 2.04. The standard InChI is InChI=1S/C22H16F3N3O/c23-14-6-2-1-5-12(14)19-13(11-26)22(27)28(17-9-4-10-18(29)20(17)19)21-15(24)7-3-8-16(21)25/h1-3,5-8,19H,4,9-10,27H2/t19-/m1/s1. The molecule has 0 aromatic heterocycles. The zero-order chi connectivity index (χ0) is 20.7. The SMILES string of the molecule is N#CC1=C(N)N(c2c(F)cccc2F)C2=C(C(=O)CCC2)[C@@H]1c1ccccc1F. The fourth-order valence-electron chi connectivity index (χ4n) is 4.06. The van der Waals surface area contributed by atoms with E-state index in [0.29, 0.717) is 18.5 Å². The van der Waals surface area contributed by atoms with Gasteiger partial charge in [-0.05, 0) is 31.0 Å². The van der Waals surface area contributed by atoms with Gasteiger partial charge >= 0.3 is 0 Å². The number of nitrogens with zero attached hydrogens (tertiary/aromatic N) is 2. The molecule has 0 spiro atoms. The molecule has 2 N–H and O–H groups in total. The molecule has 2 aliphatic rings. The number of halogens is 3. The minimum atomic E-state index is -1.02. The lowest BCUT2D eigenvalue weighted by Gasteiger charge is -2.39. The summed E-state index contributed by atoms with van der Waals surface area (Å²) in [6.45, 7) is 0. The van der Waals surface area contributed by atoms with Gasteiger partial charge in [0.05, 0.1) is 17.6 Å². The number of Topliss-reactive ketones (excluding diaryl/α,β-unsaturated/α-hetero) is 1. The molecule has 0 fully saturated rings. The van der Waals surface area contributed by atoms with E-state index < -0.39 is 29.1 Å². The Labute approximate surface area is 165 Å². The molecule has 0 saturated carbocycles. The molecule has 0 saturated heterocycles. The number of carbonyl (C=O) groups excluding carboxylic acids is 1. The predicted octanol–water partition coefficient (Wildman–Crippen LogP) is 4.41. The van der Waals surface area contributed by atoms with E-state index in [2.05, 4.69) is 0 Å². The van der Waals surface area contributed by atoms with E-state index in [1.807, 2.05) is 6.07 Å². The molecule has 2 aromatic carbocycles. The second-order valence-electron chi connectivity index (χ2n) is 6.91. The number of hydrogen-bond acceptors (Lipinski definition) is 4. The average Bonchev–Trinajstić information content (AvgIpc) is 2.69. The molecule has 4 rings (SSSR count). The number of ketones is 1. The number of benzene rings is 2. The molecule has 0 bridgehead atoms. The first-order chi connectivity index (χ1) is 14.0. The molecule has 146 valence electrons. The number of allylic oxidation sites excluding steroid dienone is 3. The first-order valence-electron chi connectivity index (χ1n) is 9.10. The van der Waals surface area contributed by atoms with Crippen LogP contribution < -0.4 is 10.6 Å². The van der Waals surface area contributed by atoms with Crippen LogP contribution in [0.25, 0.3) is 0 Å². The highest BCUT2D eigenvalue weighted by Crippen LogP contribution is 2.47. The zero-order valence-corrected chi connectivity index (χ0v) is 15.3. The molecule has 0 radical (unpaired) electrons. The minimum Gasteiger partial charge on any atom is -0.384 e. The van der Waals surface area contributed by atoms with Gasteiger partial charge in [0.2, 0.25) is 0 Å². The smallest absolute Gasteiger partial charge is 0.161 e. The third-order valence-electron chi connectivity index (χ3n) is 5.29. The van der Waals surface area contributed by atoms with Gasteiger partial charge in [-0.15, -0.1) is 0 Å². The number of nitrogens with two attached hydrogens (primary N) is 1. The summed E-state index contributed by atoms with van der Waals surface area (Å²) in [5.74, 6) is -3.86. The molecule has 29 heavy (non-hydrogen) atoms. The maximum Gasteiger partial charge on any atom is 0.161 e. The van der Waals surface area contributed by atoms with Crippen molar-refractivity contribution in [2.75, 3.05) is 4.90 Å². The van der Waals surface area contributed by atoms with Crippen LogP contribution >= 0.6 is 0 Å². The molecule has 0 unspecified atom stereocenters. The van der Waals surface area contributed by atoms with Crippen molar-refractivity contribution in [3.8, 4) is 6.07 Å². The van der Waals surface area contributed by atoms with Gasteiger partial charge in [0, 0.05) is 23.3 Å². The Morgan fingerprint density at radius 1 is 1.00 bits per heavy atom. The van der Waals surface area contributed by atoms with Gasteiger partial charge in [-0.2, -0.15) is 5.26 Å². The van der Waals surface area contributed by atoms with Crippen LogP contribution in [-0.4, -0.2) is 5.78 Å². The molecule has 7 heteroatoms. The van der Waals surface area contributed by atoms with Crippen molar-refractivity contribution in [3.63, 3.8) is 0 Å². The van der Waals surface area contributed by atoms with Crippen LogP contribution in [0.2, 0.25) is 0 Å². The summed E-state index contributed by atoms with van der Waals surface area (Å²) in [6.07, 6.45) is 0.985. The molecule has 4 nitrogen and oxygen atoms in total. The summed E-state index contributed by atoms with van der Waals surface area (Å²) in [7, 11) is 0. The fraction of sp³-hybridized carbons (Fsp3) is 0.182. The number of rotatable bonds is 2. The van der Waals surface area contributed by atoms with Crippen LogP contribution in [0, 0.1) is 28.8 Å². The van der Waals surface area contributed by atoms with Gasteiger partial charge in [-0.25, -0.2) is 13.2 Å². The lowest BCUT2D eigenvalue weighted by molar-refractivity contribution is -0.116. The van der Waals surface area contributed by atoms with E-state index in [1.165, 1.54) is 24.3 Å². The first-order valence-corrected chi connectivity index (χ1v) is 9.10. The van der Waals surface area contributed by atoms with Crippen LogP contribution in [0.15, 0.2) is 65.1 Å². The Hall–Kier alpha value is -3.53. The van der Waals surface area contributed by atoms with Crippen molar-refractivity contribution in [2.24, 2.45) is 5.73 Å². The van der Waals surface area contributed by atoms with Crippen LogP contribution in [0.3, 0.4) is 0 Å². The molecular formula is C22H16F3N3O. The molecule has 1 atom stereocenters. The van der Waals surface area contributed by atoms with E-state index >= 15 is 0 Å². The van der Waals surface area contributed by atoms with E-state index in [9.17, 15) is 23.2 Å². The number of carbonyl (C=O) groups is 1. The monoisotopic (exact) mass is 395 g/mol. The summed E-state index contributed by atoms with van der Waals surface area (Å²) in [5, 5.41) is 9.81. The maximum atomic E-state index is 14.6. The highest BCUT2D eigenvalue weighted by atomic mass is 19.1. The lowest BCUT2D eigenvalue weighted by Crippen LogP contribution is -2.39. The summed E-state index contributed by atoms with van der Waals surface area (Å²) < 4.78 is 43.7. The quantitative estimate of drug-likeness (QED) is 0.818. The number of anilines is 1. The van der Waals surface area contributed by atoms with Crippen molar-refractivity contribution in [3.05, 3.63) is 88.1 Å². The minimum absolute atomic E-state index is 0.119. The van der Waals surface area contributed by atoms with Crippen LogP contribution in [0.5, 0.6) is 0 Å². The maximum absolute atomic E-state index is 14.6. The third-order valence-corrected chi connectivity index (χ3v) is 5.29. The molecule has 1 aliphatic heterocycles. The van der Waals surface area contributed by atoms with Gasteiger partial charge in [0.25, 0.3) is 0 Å². The van der Waals surface area contributed by atoms with E-state index in [-0.39, 0.29) is 34.7 Å². The van der Waals surface area contributed by atoms with Gasteiger partial charge in [0.15, 0.2) is 5.78 Å². The average molecular weight is 395 g/mol. The summed E-state index contributed by atoms with van der Waals surface area (Å²) in [4.78, 5) is 14.0. The second kappa shape index (κ2) is 7.13. The van der Waals surface area contributed by atoms with Gasteiger partial charge in [0.1, 0.15) is 29.0 Å². The first kappa shape index (κ1) is 18.8. The lowest BCUT2D eigenvalue weighted by atomic mass is 9.75. The summed E-state index contributed by atoms with van der Waals surface area (Å²) in [6, 6.07) is 11.1. The van der Waals surface area contributed by atoms with Crippen molar-refractivity contribution in [2.45, 2.75) is 25.2 Å². The Bertz CT molecular complexity index is 1110. The van der Waals surface area contributed by atoms with Crippen LogP contribution in [-0.2, 0) is 4.79 Å². The van der Waals surface area contributed by atoms with Gasteiger partial charge in [-0.3, -0.25) is 9.69 Å². The molecular weight excluding hydrogens is 379 g/mol. The van der Waals surface area contributed by atoms with Crippen molar-refractivity contribution < 1.29 is 18.0 Å². The molecule has 2 aromatic rings. The molecule has 1 heterocycles. The summed E-state index contributed by atoms with van der Waals surface area (Å²) >= 11 is 0. The van der Waals surface area contributed by atoms with E-state index in [4.69, 9.17) is 5.73 Å². The largest absolute Gasteiger partial charge is 0.384 e. The Kier molecular flexibility index (Phi) is 4.63. The number of para-hydroxylation sites is 1. The number of nitriles is 1. The zero-order valence-electron chi connectivity index (χ0n) is 15.3. The fourth-order valence-corrected chi connectivity index (χ4v) is 4.06. The highest BCUT2D eigenvalue weighted by molar-refractivity contribution is 6.01. The predicted molar refractivity (Wildman–Crippen MR) is 101 cm³/mol. The third kappa shape index (κ3) is 2.88. The molecule has 0 amide bonds. The number of hydrogen-bond donors (Lipinski definition) is 1. The highest BCUT2D eigenvalue weighted by Gasteiger charge is 2.42. The van der Waals surface area contributed by atoms with Crippen molar-refractivity contribution in [1.82, 2.24) is 0 Å². The van der Waals surface area contributed by atoms with Crippen LogP contribution in [0.4, 0.5) is 18.9 Å². The van der Waals surface area contributed by atoms with Gasteiger partial charge in [-0.1, -0.05) is 24.3 Å². The van der Waals surface area contributed by atoms with E-state index in [1.54, 1.807) is 6.07 Å². The normalized spacial score (nSPS) is 19.3. The Morgan fingerprint density at radius 3 is 2.31 bits per heavy atom. The Morgan fingerprint density at radius 2 is 1.66 bits per heavy atom. The van der Waals surface area contributed by atoms with Gasteiger partial charge < -0.3 is 5.73 Å². The van der Waals surface area contributed by atoms with Crippen LogP contribution in [0.1, 0.15) is 30.7 Å².